The number of nitrogens with one attached hydrogen (secondary N) is 1. The molecular formula is C14H24N2O3. The van der Waals surface area contributed by atoms with Crippen LogP contribution in [0.15, 0.2) is 0 Å². The maximum atomic E-state index is 12.2. The lowest BCUT2D eigenvalue weighted by Crippen LogP contribution is -2.46. The fourth-order valence-electron chi connectivity index (χ4n) is 3.11. The maximum Gasteiger partial charge on any atom is 0.225 e. The number of likely N-dealkylation sites (tertiary alicyclic amines) is 1. The van der Waals surface area contributed by atoms with Crippen LogP contribution in [0.2, 0.25) is 0 Å². The van der Waals surface area contributed by atoms with E-state index in [1.807, 2.05) is 0 Å². The van der Waals surface area contributed by atoms with Crippen LogP contribution in [0.3, 0.4) is 0 Å². The number of carbonyl (C=O) groups is 1. The monoisotopic (exact) mass is 268 g/mol. The fourth-order valence-corrected chi connectivity index (χ4v) is 3.11. The van der Waals surface area contributed by atoms with Crippen LogP contribution >= 0.6 is 0 Å². The summed E-state index contributed by atoms with van der Waals surface area (Å²) in [4.78, 5) is 14.6. The zero-order chi connectivity index (χ0) is 13.2. The quantitative estimate of drug-likeness (QED) is 0.750. The molecular weight excluding hydrogens is 244 g/mol. The number of hydrogen-bond donors (Lipinski definition) is 1. The van der Waals surface area contributed by atoms with Crippen molar-refractivity contribution < 1.29 is 14.3 Å². The van der Waals surface area contributed by atoms with Crippen molar-refractivity contribution in [1.29, 1.82) is 0 Å². The number of fused-ring (bicyclic) bond motifs is 2. The van der Waals surface area contributed by atoms with Gasteiger partial charge in [-0.05, 0) is 25.2 Å². The Morgan fingerprint density at radius 1 is 1.42 bits per heavy atom. The number of hydrogen-bond acceptors (Lipinski definition) is 4. The van der Waals surface area contributed by atoms with Crippen molar-refractivity contribution in [3.63, 3.8) is 0 Å². The number of ether oxygens (including phenoxy) is 2. The lowest BCUT2D eigenvalue weighted by Gasteiger charge is -2.32. The van der Waals surface area contributed by atoms with E-state index in [4.69, 9.17) is 9.47 Å². The lowest BCUT2D eigenvalue weighted by atomic mass is 9.99. The van der Waals surface area contributed by atoms with E-state index in [-0.39, 0.29) is 24.0 Å². The van der Waals surface area contributed by atoms with E-state index >= 15 is 0 Å². The van der Waals surface area contributed by atoms with E-state index < -0.39 is 0 Å². The van der Waals surface area contributed by atoms with Crippen molar-refractivity contribution in [2.45, 2.75) is 31.5 Å². The van der Waals surface area contributed by atoms with Crippen LogP contribution < -0.4 is 5.32 Å². The molecule has 2 bridgehead atoms. The average molecular weight is 268 g/mol. The van der Waals surface area contributed by atoms with Gasteiger partial charge in [0.15, 0.2) is 0 Å². The number of rotatable bonds is 6. The smallest absolute Gasteiger partial charge is 0.225 e. The molecule has 3 fully saturated rings. The number of carbonyl (C=O) groups excluding carboxylic acids is 1. The molecule has 2 heterocycles. The second-order valence-corrected chi connectivity index (χ2v) is 6.08. The highest BCUT2D eigenvalue weighted by atomic mass is 16.5. The van der Waals surface area contributed by atoms with Gasteiger partial charge in [0.05, 0.1) is 24.7 Å². The van der Waals surface area contributed by atoms with E-state index in [2.05, 4.69) is 10.2 Å². The van der Waals surface area contributed by atoms with Crippen molar-refractivity contribution >= 4 is 5.91 Å². The summed E-state index contributed by atoms with van der Waals surface area (Å²) in [7, 11) is 1.73. The van der Waals surface area contributed by atoms with Crippen molar-refractivity contribution in [1.82, 2.24) is 10.2 Å². The molecule has 0 radical (unpaired) electrons. The summed E-state index contributed by atoms with van der Waals surface area (Å²) >= 11 is 0. The van der Waals surface area contributed by atoms with Crippen molar-refractivity contribution in [3.8, 4) is 0 Å². The standard InChI is InChI=1S/C14H24N2O3/c1-18-5-4-16-8-11-6-12(13(9-16)19-11)14(17)15-7-10-2-3-10/h10-13H,2-9H2,1H3,(H,15,17)/t11-,12-,13-/m1/s1. The van der Waals surface area contributed by atoms with Gasteiger partial charge in [0.1, 0.15) is 0 Å². The molecule has 0 spiro atoms. The van der Waals surface area contributed by atoms with Gasteiger partial charge in [0.25, 0.3) is 0 Å². The van der Waals surface area contributed by atoms with Crippen LogP contribution in [0.25, 0.3) is 0 Å². The van der Waals surface area contributed by atoms with E-state index in [1.54, 1.807) is 7.11 Å². The van der Waals surface area contributed by atoms with E-state index in [1.165, 1.54) is 12.8 Å². The molecule has 1 N–H and O–H groups in total. The summed E-state index contributed by atoms with van der Waals surface area (Å²) in [6.45, 7) is 4.34. The molecule has 2 saturated heterocycles. The summed E-state index contributed by atoms with van der Waals surface area (Å²) in [5.74, 6) is 0.994. The minimum Gasteiger partial charge on any atom is -0.383 e. The van der Waals surface area contributed by atoms with Crippen molar-refractivity contribution in [2.24, 2.45) is 11.8 Å². The molecule has 108 valence electrons. The summed E-state index contributed by atoms with van der Waals surface area (Å²) in [6, 6.07) is 0. The predicted molar refractivity (Wildman–Crippen MR) is 70.8 cm³/mol. The Bertz CT molecular complexity index is 333. The van der Waals surface area contributed by atoms with Gasteiger partial charge in [0, 0.05) is 33.3 Å². The SMILES string of the molecule is COCCN1C[C@H]2C[C@@H](C(=O)NCC3CC3)[C@@H](C1)O2. The summed E-state index contributed by atoms with van der Waals surface area (Å²) in [5.41, 5.74) is 0. The van der Waals surface area contributed by atoms with Crippen LogP contribution in [0, 0.1) is 11.8 Å². The highest BCUT2D eigenvalue weighted by molar-refractivity contribution is 5.79. The molecule has 5 nitrogen and oxygen atoms in total. The first-order valence-electron chi connectivity index (χ1n) is 7.40. The van der Waals surface area contributed by atoms with E-state index in [0.29, 0.717) is 0 Å². The Labute approximate surface area is 114 Å². The van der Waals surface area contributed by atoms with Crippen LogP contribution in [-0.4, -0.2) is 62.9 Å². The Kier molecular flexibility index (Phi) is 4.05. The number of nitrogens with zero attached hydrogens (tertiary/aromatic N) is 1. The van der Waals surface area contributed by atoms with Crippen molar-refractivity contribution in [2.75, 3.05) is 39.9 Å². The first-order chi connectivity index (χ1) is 9.26. The molecule has 0 aromatic rings. The Morgan fingerprint density at radius 2 is 2.26 bits per heavy atom. The minimum absolute atomic E-state index is 0.0521. The topological polar surface area (TPSA) is 50.8 Å². The van der Waals surface area contributed by atoms with Gasteiger partial charge < -0.3 is 14.8 Å². The highest BCUT2D eigenvalue weighted by Gasteiger charge is 2.44. The number of morpholine rings is 1. The first-order valence-corrected chi connectivity index (χ1v) is 7.40. The maximum absolute atomic E-state index is 12.2. The molecule has 3 aliphatic rings. The third-order valence-electron chi connectivity index (χ3n) is 4.44. The summed E-state index contributed by atoms with van der Waals surface area (Å²) < 4.78 is 11.0. The molecule has 0 aromatic heterocycles. The van der Waals surface area contributed by atoms with E-state index in [0.717, 1.165) is 45.1 Å². The van der Waals surface area contributed by atoms with Gasteiger partial charge in [0.2, 0.25) is 5.91 Å². The van der Waals surface area contributed by atoms with Crippen LogP contribution in [0.1, 0.15) is 19.3 Å². The van der Waals surface area contributed by atoms with Gasteiger partial charge in [-0.25, -0.2) is 0 Å². The minimum atomic E-state index is 0.0521. The first kappa shape index (κ1) is 13.3. The number of amides is 1. The molecule has 2 aliphatic heterocycles. The highest BCUT2D eigenvalue weighted by Crippen LogP contribution is 2.32. The average Bonchev–Trinajstić information content (AvgIpc) is 3.19. The predicted octanol–water partition coefficient (Wildman–Crippen LogP) is 0.248. The van der Waals surface area contributed by atoms with Crippen LogP contribution in [0.4, 0.5) is 0 Å². The zero-order valence-corrected chi connectivity index (χ0v) is 11.6. The van der Waals surface area contributed by atoms with Crippen molar-refractivity contribution in [3.05, 3.63) is 0 Å². The molecule has 3 rings (SSSR count). The largest absolute Gasteiger partial charge is 0.383 e. The Balaban J connectivity index is 1.49. The molecule has 19 heavy (non-hydrogen) atoms. The molecule has 0 aromatic carbocycles. The molecule has 5 heteroatoms. The fraction of sp³-hybridized carbons (Fsp3) is 0.929. The van der Waals surface area contributed by atoms with Crippen LogP contribution in [-0.2, 0) is 14.3 Å². The second kappa shape index (κ2) is 5.77. The third kappa shape index (κ3) is 3.27. The molecule has 1 amide bonds. The normalized spacial score (nSPS) is 34.5. The molecule has 1 saturated carbocycles. The number of methoxy groups -OCH3 is 1. The van der Waals surface area contributed by atoms with Gasteiger partial charge in [-0.2, -0.15) is 0 Å². The zero-order valence-electron chi connectivity index (χ0n) is 11.6. The van der Waals surface area contributed by atoms with Gasteiger partial charge >= 0.3 is 0 Å². The summed E-state index contributed by atoms with van der Waals surface area (Å²) in [6.07, 6.45) is 3.74. The second-order valence-electron chi connectivity index (χ2n) is 6.08. The third-order valence-corrected chi connectivity index (χ3v) is 4.44. The molecule has 1 aliphatic carbocycles. The van der Waals surface area contributed by atoms with Gasteiger partial charge in [-0.1, -0.05) is 0 Å². The Morgan fingerprint density at radius 3 is 3.00 bits per heavy atom. The van der Waals surface area contributed by atoms with Crippen LogP contribution in [0.5, 0.6) is 0 Å². The molecule has 3 atom stereocenters. The summed E-state index contributed by atoms with van der Waals surface area (Å²) in [5, 5.41) is 3.10. The van der Waals surface area contributed by atoms with Gasteiger partial charge in [-0.3, -0.25) is 9.69 Å². The lowest BCUT2D eigenvalue weighted by molar-refractivity contribution is -0.128. The van der Waals surface area contributed by atoms with Gasteiger partial charge in [-0.15, -0.1) is 0 Å². The Hall–Kier alpha value is -0.650. The molecule has 0 unspecified atom stereocenters. The van der Waals surface area contributed by atoms with E-state index in [9.17, 15) is 4.79 Å².